The van der Waals surface area contributed by atoms with Crippen LogP contribution in [0.25, 0.3) is 11.0 Å². The van der Waals surface area contributed by atoms with Crippen molar-refractivity contribution in [2.24, 2.45) is 0 Å². The van der Waals surface area contributed by atoms with Gasteiger partial charge in [-0.25, -0.2) is 0 Å². The summed E-state index contributed by atoms with van der Waals surface area (Å²) in [5.74, 6) is 0.680. The SMILES string of the molecule is CCOc1cccc2cc(C(=O)Nc3nnc(Cc4ccc(SC)cc4)o3)oc12. The number of anilines is 1. The summed E-state index contributed by atoms with van der Waals surface area (Å²) in [4.78, 5) is 13.7. The zero-order valence-corrected chi connectivity index (χ0v) is 16.8. The number of carbonyl (C=O) groups excluding carboxylic acids is 1. The van der Waals surface area contributed by atoms with E-state index in [-0.39, 0.29) is 11.8 Å². The molecule has 8 heteroatoms. The second kappa shape index (κ2) is 8.40. The van der Waals surface area contributed by atoms with Crippen molar-refractivity contribution in [3.8, 4) is 5.75 Å². The van der Waals surface area contributed by atoms with Gasteiger partial charge in [-0.1, -0.05) is 29.4 Å². The van der Waals surface area contributed by atoms with Crippen LogP contribution in [-0.4, -0.2) is 29.0 Å². The lowest BCUT2D eigenvalue weighted by Crippen LogP contribution is -2.11. The highest BCUT2D eigenvalue weighted by atomic mass is 32.2. The van der Waals surface area contributed by atoms with Crippen LogP contribution in [0.4, 0.5) is 6.01 Å². The Morgan fingerprint density at radius 2 is 1.97 bits per heavy atom. The number of nitrogens with one attached hydrogen (secondary N) is 1. The van der Waals surface area contributed by atoms with Crippen LogP contribution in [-0.2, 0) is 6.42 Å². The number of amides is 1. The van der Waals surface area contributed by atoms with E-state index in [0.29, 0.717) is 30.3 Å². The first-order chi connectivity index (χ1) is 14.2. The Kier molecular flexibility index (Phi) is 5.53. The lowest BCUT2D eigenvalue weighted by Gasteiger charge is -2.02. The fourth-order valence-corrected chi connectivity index (χ4v) is 3.28. The molecule has 1 amide bonds. The lowest BCUT2D eigenvalue weighted by atomic mass is 10.1. The minimum atomic E-state index is -0.469. The van der Waals surface area contributed by atoms with Crippen molar-refractivity contribution in [2.45, 2.75) is 18.2 Å². The van der Waals surface area contributed by atoms with Gasteiger partial charge in [-0.05, 0) is 43.0 Å². The normalized spacial score (nSPS) is 11.0. The number of furan rings is 1. The molecule has 0 spiro atoms. The van der Waals surface area contributed by atoms with E-state index < -0.39 is 5.91 Å². The number of hydrogen-bond donors (Lipinski definition) is 1. The summed E-state index contributed by atoms with van der Waals surface area (Å²) in [6.45, 7) is 2.39. The van der Waals surface area contributed by atoms with E-state index in [9.17, 15) is 4.79 Å². The van der Waals surface area contributed by atoms with Gasteiger partial charge in [0.1, 0.15) is 0 Å². The van der Waals surface area contributed by atoms with E-state index in [1.165, 1.54) is 4.90 Å². The smallest absolute Gasteiger partial charge is 0.322 e. The highest BCUT2D eigenvalue weighted by molar-refractivity contribution is 7.98. The maximum Gasteiger partial charge on any atom is 0.322 e. The number of hydrogen-bond acceptors (Lipinski definition) is 7. The Balaban J connectivity index is 1.46. The van der Waals surface area contributed by atoms with Gasteiger partial charge < -0.3 is 13.6 Å². The number of para-hydroxylation sites is 1. The van der Waals surface area contributed by atoms with Gasteiger partial charge in [0.2, 0.25) is 5.89 Å². The summed E-state index contributed by atoms with van der Waals surface area (Å²) in [6, 6.07) is 15.3. The van der Waals surface area contributed by atoms with E-state index in [4.69, 9.17) is 13.6 Å². The molecule has 1 N–H and O–H groups in total. The molecular formula is C21H19N3O4S. The predicted molar refractivity (Wildman–Crippen MR) is 111 cm³/mol. The molecule has 29 heavy (non-hydrogen) atoms. The van der Waals surface area contributed by atoms with Crippen molar-refractivity contribution in [1.29, 1.82) is 0 Å². The molecule has 4 rings (SSSR count). The Morgan fingerprint density at radius 3 is 2.72 bits per heavy atom. The van der Waals surface area contributed by atoms with Gasteiger partial charge in [-0.15, -0.1) is 16.9 Å². The Morgan fingerprint density at radius 1 is 1.14 bits per heavy atom. The minimum absolute atomic E-state index is 0.0243. The van der Waals surface area contributed by atoms with Crippen LogP contribution in [0.15, 0.2) is 62.3 Å². The average Bonchev–Trinajstić information content (AvgIpc) is 3.36. The number of rotatable bonds is 7. The number of nitrogens with zero attached hydrogens (tertiary/aromatic N) is 2. The molecule has 0 fully saturated rings. The molecule has 0 aliphatic heterocycles. The second-order valence-corrected chi connectivity index (χ2v) is 7.08. The molecule has 0 radical (unpaired) electrons. The summed E-state index contributed by atoms with van der Waals surface area (Å²) in [7, 11) is 0. The summed E-state index contributed by atoms with van der Waals surface area (Å²) in [5.41, 5.74) is 1.57. The van der Waals surface area contributed by atoms with Crippen LogP contribution in [0.3, 0.4) is 0 Å². The van der Waals surface area contributed by atoms with Crippen molar-refractivity contribution in [2.75, 3.05) is 18.2 Å². The highest BCUT2D eigenvalue weighted by Crippen LogP contribution is 2.29. The zero-order valence-electron chi connectivity index (χ0n) is 16.0. The molecule has 2 heterocycles. The van der Waals surface area contributed by atoms with Crippen molar-refractivity contribution in [3.05, 3.63) is 65.7 Å². The van der Waals surface area contributed by atoms with Crippen molar-refractivity contribution >= 4 is 34.7 Å². The summed E-state index contributed by atoms with van der Waals surface area (Å²) >= 11 is 1.68. The van der Waals surface area contributed by atoms with Crippen molar-refractivity contribution in [1.82, 2.24) is 10.2 Å². The summed E-state index contributed by atoms with van der Waals surface area (Å²) in [6.07, 6.45) is 2.52. The predicted octanol–water partition coefficient (Wildman–Crippen LogP) is 4.78. The van der Waals surface area contributed by atoms with Crippen LogP contribution >= 0.6 is 11.8 Å². The highest BCUT2D eigenvalue weighted by Gasteiger charge is 2.17. The average molecular weight is 409 g/mol. The first-order valence-electron chi connectivity index (χ1n) is 9.08. The van der Waals surface area contributed by atoms with Crippen LogP contribution in [0, 0.1) is 0 Å². The summed E-state index contributed by atoms with van der Waals surface area (Å²) < 4.78 is 16.8. The number of carbonyl (C=O) groups is 1. The molecule has 2 aromatic carbocycles. The molecule has 0 bridgehead atoms. The minimum Gasteiger partial charge on any atom is -0.490 e. The molecule has 7 nitrogen and oxygen atoms in total. The topological polar surface area (TPSA) is 90.4 Å². The molecule has 148 valence electrons. The maximum absolute atomic E-state index is 12.5. The van der Waals surface area contributed by atoms with Gasteiger partial charge in [0.15, 0.2) is 17.1 Å². The molecule has 0 saturated heterocycles. The second-order valence-electron chi connectivity index (χ2n) is 6.20. The van der Waals surface area contributed by atoms with Gasteiger partial charge in [-0.2, -0.15) is 0 Å². The molecular weight excluding hydrogens is 390 g/mol. The van der Waals surface area contributed by atoms with E-state index in [1.54, 1.807) is 23.9 Å². The van der Waals surface area contributed by atoms with E-state index in [1.807, 2.05) is 49.6 Å². The monoisotopic (exact) mass is 409 g/mol. The molecule has 0 aliphatic rings. The van der Waals surface area contributed by atoms with E-state index in [0.717, 1.165) is 10.9 Å². The Labute approximate surface area is 171 Å². The first kappa shape index (κ1) is 19.1. The summed E-state index contributed by atoms with van der Waals surface area (Å²) in [5, 5.41) is 11.2. The van der Waals surface area contributed by atoms with Crippen molar-refractivity contribution in [3.63, 3.8) is 0 Å². The molecule has 0 saturated carbocycles. The molecule has 4 aromatic rings. The largest absolute Gasteiger partial charge is 0.490 e. The third-order valence-electron chi connectivity index (χ3n) is 4.23. The van der Waals surface area contributed by atoms with Gasteiger partial charge in [0.05, 0.1) is 13.0 Å². The fourth-order valence-electron chi connectivity index (χ4n) is 2.87. The third-order valence-corrected chi connectivity index (χ3v) is 4.98. The van der Waals surface area contributed by atoms with Crippen LogP contribution in [0.1, 0.15) is 28.9 Å². The number of ether oxygens (including phenoxy) is 1. The van der Waals surface area contributed by atoms with Crippen LogP contribution < -0.4 is 10.1 Å². The fraction of sp³-hybridized carbons (Fsp3) is 0.190. The number of aromatic nitrogens is 2. The Bertz CT molecular complexity index is 1130. The van der Waals surface area contributed by atoms with E-state index >= 15 is 0 Å². The first-order valence-corrected chi connectivity index (χ1v) is 10.3. The lowest BCUT2D eigenvalue weighted by molar-refractivity contribution is 0.0995. The molecule has 0 unspecified atom stereocenters. The molecule has 0 aliphatic carbocycles. The zero-order chi connectivity index (χ0) is 20.2. The third kappa shape index (κ3) is 4.27. The standard InChI is InChI=1S/C21H19N3O4S/c1-3-26-16-6-4-5-14-12-17(27-19(14)16)20(25)22-21-24-23-18(28-21)11-13-7-9-15(29-2)10-8-13/h4-10,12H,3,11H2,1-2H3,(H,22,24,25). The maximum atomic E-state index is 12.5. The quantitative estimate of drug-likeness (QED) is 0.439. The number of thioether (sulfide) groups is 1. The van der Waals surface area contributed by atoms with Gasteiger partial charge in [0.25, 0.3) is 5.91 Å². The van der Waals surface area contributed by atoms with Gasteiger partial charge in [-0.3, -0.25) is 10.1 Å². The molecule has 2 aromatic heterocycles. The number of benzene rings is 2. The van der Waals surface area contributed by atoms with Gasteiger partial charge >= 0.3 is 6.01 Å². The van der Waals surface area contributed by atoms with E-state index in [2.05, 4.69) is 15.5 Å². The number of fused-ring (bicyclic) bond motifs is 1. The van der Waals surface area contributed by atoms with Crippen LogP contribution in [0.5, 0.6) is 5.75 Å². The van der Waals surface area contributed by atoms with Crippen LogP contribution in [0.2, 0.25) is 0 Å². The Hall–Kier alpha value is -3.26. The van der Waals surface area contributed by atoms with Crippen molar-refractivity contribution < 1.29 is 18.4 Å². The molecule has 0 atom stereocenters. The van der Waals surface area contributed by atoms with Gasteiger partial charge in [0, 0.05) is 10.3 Å².